The highest BCUT2D eigenvalue weighted by Gasteiger charge is 2.43. The zero-order valence-electron chi connectivity index (χ0n) is 13.9. The van der Waals surface area contributed by atoms with Crippen LogP contribution in [0.15, 0.2) is 36.7 Å². The first kappa shape index (κ1) is 16.4. The molecule has 0 aliphatic carbocycles. The molecular weight excluding hydrogens is 306 g/mol. The number of amides is 1. The summed E-state index contributed by atoms with van der Waals surface area (Å²) in [6, 6.07) is 7.92. The number of methoxy groups -OCH3 is 1. The van der Waals surface area contributed by atoms with Crippen LogP contribution in [0.5, 0.6) is 5.75 Å². The lowest BCUT2D eigenvalue weighted by molar-refractivity contribution is -0.133. The van der Waals surface area contributed by atoms with Gasteiger partial charge in [-0.25, -0.2) is 0 Å². The molecule has 1 fully saturated rings. The third-order valence-corrected chi connectivity index (χ3v) is 4.41. The Morgan fingerprint density at radius 3 is 3.00 bits per heavy atom. The van der Waals surface area contributed by atoms with Gasteiger partial charge in [0, 0.05) is 32.4 Å². The van der Waals surface area contributed by atoms with Crippen molar-refractivity contribution in [3.05, 3.63) is 42.2 Å². The van der Waals surface area contributed by atoms with Gasteiger partial charge in [0.15, 0.2) is 0 Å². The van der Waals surface area contributed by atoms with Crippen molar-refractivity contribution in [3.8, 4) is 5.75 Å². The van der Waals surface area contributed by atoms with E-state index in [0.29, 0.717) is 26.1 Å². The van der Waals surface area contributed by atoms with Gasteiger partial charge in [-0.05, 0) is 30.5 Å². The average molecular weight is 329 g/mol. The van der Waals surface area contributed by atoms with E-state index in [0.717, 1.165) is 24.3 Å². The minimum absolute atomic E-state index is 0.114. The molecule has 2 aromatic rings. The number of ether oxygens (including phenoxy) is 1. The van der Waals surface area contributed by atoms with Crippen LogP contribution in [-0.2, 0) is 17.8 Å². The maximum Gasteiger partial charge on any atom is 0.229 e. The van der Waals surface area contributed by atoms with Crippen molar-refractivity contribution in [2.24, 2.45) is 5.41 Å². The number of hydrogen-bond donors (Lipinski definition) is 2. The molecule has 0 atom stereocenters. The fourth-order valence-corrected chi connectivity index (χ4v) is 2.95. The number of carbonyl (C=O) groups excluding carboxylic acids is 1. The van der Waals surface area contributed by atoms with E-state index in [4.69, 9.17) is 4.74 Å². The van der Waals surface area contributed by atoms with E-state index < -0.39 is 0 Å². The monoisotopic (exact) mass is 329 g/mol. The Balaban J connectivity index is 1.52. The molecule has 0 spiro atoms. The normalized spacial score (nSPS) is 15.5. The van der Waals surface area contributed by atoms with Gasteiger partial charge in [0.1, 0.15) is 5.75 Å². The summed E-state index contributed by atoms with van der Waals surface area (Å²) < 4.78 is 7.03. The molecule has 3 rings (SSSR count). The van der Waals surface area contributed by atoms with Crippen molar-refractivity contribution < 1.29 is 9.53 Å². The highest BCUT2D eigenvalue weighted by atomic mass is 16.5. The fraction of sp³-hybridized carbons (Fsp3) is 0.471. The Morgan fingerprint density at radius 1 is 1.46 bits per heavy atom. The highest BCUT2D eigenvalue weighted by molar-refractivity contribution is 5.84. The smallest absolute Gasteiger partial charge is 0.229 e. The average Bonchev–Trinajstić information content (AvgIpc) is 3.08. The van der Waals surface area contributed by atoms with Crippen molar-refractivity contribution in [1.29, 1.82) is 0 Å². The lowest BCUT2D eigenvalue weighted by Gasteiger charge is -2.41. The molecule has 0 saturated carbocycles. The third kappa shape index (κ3) is 3.73. The predicted molar refractivity (Wildman–Crippen MR) is 89.6 cm³/mol. The molecule has 2 heterocycles. The van der Waals surface area contributed by atoms with Crippen molar-refractivity contribution in [1.82, 2.24) is 25.6 Å². The molecule has 1 aliphatic rings. The van der Waals surface area contributed by atoms with Gasteiger partial charge in [-0.3, -0.25) is 9.48 Å². The summed E-state index contributed by atoms with van der Waals surface area (Å²) in [5.74, 6) is 0.936. The first-order valence-electron chi connectivity index (χ1n) is 8.18. The molecule has 7 nitrogen and oxygen atoms in total. The number of carbonyl (C=O) groups is 1. The van der Waals surface area contributed by atoms with E-state index in [1.165, 1.54) is 0 Å². The fourth-order valence-electron chi connectivity index (χ4n) is 2.95. The van der Waals surface area contributed by atoms with Gasteiger partial charge in [0.2, 0.25) is 5.91 Å². The summed E-state index contributed by atoms with van der Waals surface area (Å²) in [6.07, 6.45) is 5.02. The van der Waals surface area contributed by atoms with E-state index in [-0.39, 0.29) is 11.3 Å². The van der Waals surface area contributed by atoms with E-state index in [1.54, 1.807) is 18.0 Å². The Labute approximate surface area is 141 Å². The van der Waals surface area contributed by atoms with Crippen molar-refractivity contribution in [3.63, 3.8) is 0 Å². The van der Waals surface area contributed by atoms with E-state index in [1.807, 2.05) is 30.5 Å². The minimum atomic E-state index is -0.361. The third-order valence-electron chi connectivity index (χ3n) is 4.41. The molecule has 1 saturated heterocycles. The summed E-state index contributed by atoms with van der Waals surface area (Å²) in [4.78, 5) is 12.7. The van der Waals surface area contributed by atoms with Crippen molar-refractivity contribution in [2.45, 2.75) is 19.4 Å². The summed E-state index contributed by atoms with van der Waals surface area (Å²) in [5, 5.41) is 14.0. The zero-order chi connectivity index (χ0) is 16.8. The zero-order valence-corrected chi connectivity index (χ0v) is 13.9. The predicted octanol–water partition coefficient (Wildman–Crippen LogP) is 0.625. The Morgan fingerprint density at radius 2 is 2.33 bits per heavy atom. The van der Waals surface area contributed by atoms with Crippen LogP contribution in [0.3, 0.4) is 0 Å². The number of aromatic nitrogens is 3. The van der Waals surface area contributed by atoms with Crippen LogP contribution in [-0.4, -0.2) is 47.6 Å². The maximum absolute atomic E-state index is 12.7. The quantitative estimate of drug-likeness (QED) is 0.694. The number of nitrogens with one attached hydrogen (secondary N) is 2. The first-order chi connectivity index (χ1) is 11.7. The molecule has 1 aliphatic heterocycles. The van der Waals surface area contributed by atoms with Gasteiger partial charge in [-0.2, -0.15) is 0 Å². The summed E-state index contributed by atoms with van der Waals surface area (Å²) in [5.41, 5.74) is 0.758. The molecule has 2 N–H and O–H groups in total. The Hall–Kier alpha value is -2.41. The van der Waals surface area contributed by atoms with E-state index in [2.05, 4.69) is 20.9 Å². The number of nitrogens with zero attached hydrogens (tertiary/aromatic N) is 3. The molecule has 0 bridgehead atoms. The number of aryl methyl sites for hydroxylation is 1. The SMILES string of the molecule is COc1cccc(CC2(C(=O)NCCCn3ccnn3)CNC2)c1. The second kappa shape index (κ2) is 7.44. The minimum Gasteiger partial charge on any atom is -0.497 e. The van der Waals surface area contributed by atoms with Gasteiger partial charge in [-0.1, -0.05) is 17.3 Å². The molecule has 24 heavy (non-hydrogen) atoms. The molecule has 0 unspecified atom stereocenters. The van der Waals surface area contributed by atoms with Crippen LogP contribution in [0, 0.1) is 5.41 Å². The van der Waals surface area contributed by atoms with E-state index in [9.17, 15) is 4.79 Å². The standard InChI is InChI=1S/C17H23N5O2/c1-24-15-5-2-4-14(10-15)11-17(12-18-13-17)16(23)19-6-3-8-22-9-7-20-21-22/h2,4-5,7,9-10,18H,3,6,8,11-13H2,1H3,(H,19,23). The molecule has 1 aromatic heterocycles. The van der Waals surface area contributed by atoms with Gasteiger partial charge in [0.05, 0.1) is 18.7 Å². The topological polar surface area (TPSA) is 81.1 Å². The van der Waals surface area contributed by atoms with Crippen LogP contribution < -0.4 is 15.4 Å². The van der Waals surface area contributed by atoms with E-state index >= 15 is 0 Å². The van der Waals surface area contributed by atoms with Crippen LogP contribution in [0.25, 0.3) is 0 Å². The van der Waals surface area contributed by atoms with Gasteiger partial charge in [0.25, 0.3) is 0 Å². The number of benzene rings is 1. The lowest BCUT2D eigenvalue weighted by Crippen LogP contribution is -2.62. The molecule has 1 amide bonds. The summed E-state index contributed by atoms with van der Waals surface area (Å²) in [7, 11) is 1.65. The lowest BCUT2D eigenvalue weighted by atomic mass is 9.75. The van der Waals surface area contributed by atoms with Crippen molar-refractivity contribution in [2.75, 3.05) is 26.7 Å². The van der Waals surface area contributed by atoms with Crippen LogP contribution in [0.1, 0.15) is 12.0 Å². The second-order valence-electron chi connectivity index (χ2n) is 6.19. The first-order valence-corrected chi connectivity index (χ1v) is 8.18. The van der Waals surface area contributed by atoms with Crippen LogP contribution in [0.2, 0.25) is 0 Å². The number of hydrogen-bond acceptors (Lipinski definition) is 5. The van der Waals surface area contributed by atoms with Gasteiger partial charge >= 0.3 is 0 Å². The van der Waals surface area contributed by atoms with Gasteiger partial charge in [-0.15, -0.1) is 5.10 Å². The summed E-state index contributed by atoms with van der Waals surface area (Å²) >= 11 is 0. The molecule has 0 radical (unpaired) electrons. The summed E-state index contributed by atoms with van der Waals surface area (Å²) in [6.45, 7) is 2.80. The van der Waals surface area contributed by atoms with Crippen LogP contribution >= 0.6 is 0 Å². The molecular formula is C17H23N5O2. The van der Waals surface area contributed by atoms with Gasteiger partial charge < -0.3 is 15.4 Å². The maximum atomic E-state index is 12.7. The van der Waals surface area contributed by atoms with Crippen molar-refractivity contribution >= 4 is 5.91 Å². The molecule has 7 heteroatoms. The largest absolute Gasteiger partial charge is 0.497 e. The Bertz CT molecular complexity index is 667. The molecule has 1 aromatic carbocycles. The molecule has 128 valence electrons. The highest BCUT2D eigenvalue weighted by Crippen LogP contribution is 2.29. The second-order valence-corrected chi connectivity index (χ2v) is 6.19. The number of rotatable bonds is 8. The Kier molecular flexibility index (Phi) is 5.10. The van der Waals surface area contributed by atoms with Crippen LogP contribution in [0.4, 0.5) is 0 Å².